The van der Waals surface area contributed by atoms with Crippen LogP contribution in [0.15, 0.2) is 24.3 Å². The van der Waals surface area contributed by atoms with Gasteiger partial charge in [0.05, 0.1) is 0 Å². The summed E-state index contributed by atoms with van der Waals surface area (Å²) in [6.07, 6.45) is 5.34. The SMILES string of the molecule is CC(C)NCC1CCN(C2CCCc3ccccc32)C1. The number of rotatable bonds is 4. The molecule has 2 aliphatic rings. The Morgan fingerprint density at radius 2 is 2.10 bits per heavy atom. The van der Waals surface area contributed by atoms with Gasteiger partial charge in [-0.2, -0.15) is 0 Å². The summed E-state index contributed by atoms with van der Waals surface area (Å²) in [7, 11) is 0. The zero-order chi connectivity index (χ0) is 13.9. The monoisotopic (exact) mass is 272 g/mol. The summed E-state index contributed by atoms with van der Waals surface area (Å²) in [5, 5.41) is 3.60. The number of hydrogen-bond acceptors (Lipinski definition) is 2. The smallest absolute Gasteiger partial charge is 0.0351 e. The quantitative estimate of drug-likeness (QED) is 0.904. The third kappa shape index (κ3) is 3.07. The molecule has 1 aliphatic heterocycles. The second-order valence-electron chi connectivity index (χ2n) is 6.82. The molecule has 3 rings (SSSR count). The van der Waals surface area contributed by atoms with Crippen molar-refractivity contribution < 1.29 is 0 Å². The lowest BCUT2D eigenvalue weighted by Crippen LogP contribution is -2.33. The van der Waals surface area contributed by atoms with Gasteiger partial charge in [-0.05, 0) is 55.8 Å². The van der Waals surface area contributed by atoms with E-state index in [0.29, 0.717) is 12.1 Å². The molecule has 2 unspecified atom stereocenters. The highest BCUT2D eigenvalue weighted by Gasteiger charge is 2.31. The summed E-state index contributed by atoms with van der Waals surface area (Å²) in [6, 6.07) is 10.4. The van der Waals surface area contributed by atoms with E-state index in [1.807, 2.05) is 0 Å². The molecular formula is C18H28N2. The predicted molar refractivity (Wildman–Crippen MR) is 84.9 cm³/mol. The Kier molecular flexibility index (Phi) is 4.42. The molecule has 1 aromatic rings. The van der Waals surface area contributed by atoms with Crippen LogP contribution in [0.4, 0.5) is 0 Å². The fourth-order valence-corrected chi connectivity index (χ4v) is 3.82. The molecule has 0 saturated carbocycles. The lowest BCUT2D eigenvalue weighted by molar-refractivity contribution is 0.212. The highest BCUT2D eigenvalue weighted by atomic mass is 15.2. The van der Waals surface area contributed by atoms with Crippen molar-refractivity contribution in [2.75, 3.05) is 19.6 Å². The van der Waals surface area contributed by atoms with Crippen molar-refractivity contribution in [2.24, 2.45) is 5.92 Å². The van der Waals surface area contributed by atoms with E-state index in [2.05, 4.69) is 48.3 Å². The largest absolute Gasteiger partial charge is 0.314 e. The van der Waals surface area contributed by atoms with E-state index < -0.39 is 0 Å². The molecule has 0 radical (unpaired) electrons. The molecule has 0 amide bonds. The fourth-order valence-electron chi connectivity index (χ4n) is 3.82. The van der Waals surface area contributed by atoms with Crippen LogP contribution in [0.1, 0.15) is 50.3 Å². The number of benzene rings is 1. The summed E-state index contributed by atoms with van der Waals surface area (Å²) in [5.41, 5.74) is 3.20. The average Bonchev–Trinajstić information content (AvgIpc) is 2.93. The Hall–Kier alpha value is -0.860. The van der Waals surface area contributed by atoms with E-state index in [-0.39, 0.29) is 0 Å². The molecule has 2 atom stereocenters. The molecule has 1 fully saturated rings. The minimum atomic E-state index is 0.611. The number of nitrogens with zero attached hydrogens (tertiary/aromatic N) is 1. The number of likely N-dealkylation sites (tertiary alicyclic amines) is 1. The predicted octanol–water partition coefficient (Wildman–Crippen LogP) is 3.38. The van der Waals surface area contributed by atoms with Crippen LogP contribution in [0.25, 0.3) is 0 Å². The van der Waals surface area contributed by atoms with Gasteiger partial charge in [-0.15, -0.1) is 0 Å². The Labute approximate surface area is 123 Å². The molecule has 0 aromatic heterocycles. The zero-order valence-corrected chi connectivity index (χ0v) is 12.9. The van der Waals surface area contributed by atoms with E-state index in [4.69, 9.17) is 0 Å². The highest BCUT2D eigenvalue weighted by molar-refractivity contribution is 5.32. The standard InChI is InChI=1S/C18H28N2/c1-14(2)19-12-15-10-11-20(13-15)18-9-5-7-16-6-3-4-8-17(16)18/h3-4,6,8,14-15,18-19H,5,7,9-13H2,1-2H3. The summed E-state index contributed by atoms with van der Waals surface area (Å²) in [4.78, 5) is 2.74. The summed E-state index contributed by atoms with van der Waals surface area (Å²) in [6.45, 7) is 8.22. The maximum atomic E-state index is 3.60. The first-order valence-corrected chi connectivity index (χ1v) is 8.29. The van der Waals surface area contributed by atoms with Crippen LogP contribution in [0.3, 0.4) is 0 Å². The van der Waals surface area contributed by atoms with Crippen molar-refractivity contribution in [3.63, 3.8) is 0 Å². The second kappa shape index (κ2) is 6.28. The third-order valence-electron chi connectivity index (χ3n) is 4.91. The Morgan fingerprint density at radius 1 is 1.25 bits per heavy atom. The minimum absolute atomic E-state index is 0.611. The van der Waals surface area contributed by atoms with Crippen LogP contribution in [0, 0.1) is 5.92 Å². The Bertz CT molecular complexity index is 441. The molecule has 1 heterocycles. The van der Waals surface area contributed by atoms with E-state index in [1.165, 1.54) is 45.3 Å². The van der Waals surface area contributed by atoms with Gasteiger partial charge in [0.25, 0.3) is 0 Å². The van der Waals surface area contributed by atoms with Crippen molar-refractivity contribution in [3.05, 3.63) is 35.4 Å². The van der Waals surface area contributed by atoms with Gasteiger partial charge in [-0.1, -0.05) is 38.1 Å². The zero-order valence-electron chi connectivity index (χ0n) is 12.9. The normalized spacial score (nSPS) is 26.9. The molecule has 2 heteroatoms. The summed E-state index contributed by atoms with van der Waals surface area (Å²) < 4.78 is 0. The lowest BCUT2D eigenvalue weighted by Gasteiger charge is -2.33. The molecule has 1 aliphatic carbocycles. The molecule has 1 N–H and O–H groups in total. The first-order valence-electron chi connectivity index (χ1n) is 8.29. The van der Waals surface area contributed by atoms with Crippen molar-refractivity contribution in [3.8, 4) is 0 Å². The van der Waals surface area contributed by atoms with Crippen LogP contribution in [0.2, 0.25) is 0 Å². The Balaban J connectivity index is 1.64. The van der Waals surface area contributed by atoms with Gasteiger partial charge in [0.1, 0.15) is 0 Å². The van der Waals surface area contributed by atoms with Crippen LogP contribution in [-0.2, 0) is 6.42 Å². The maximum absolute atomic E-state index is 3.60. The van der Waals surface area contributed by atoms with Gasteiger partial charge in [0.2, 0.25) is 0 Å². The number of fused-ring (bicyclic) bond motifs is 1. The Morgan fingerprint density at radius 3 is 2.95 bits per heavy atom. The summed E-state index contributed by atoms with van der Waals surface area (Å²) >= 11 is 0. The molecule has 1 saturated heterocycles. The number of nitrogens with one attached hydrogen (secondary N) is 1. The van der Waals surface area contributed by atoms with Crippen molar-refractivity contribution in [1.82, 2.24) is 10.2 Å². The average molecular weight is 272 g/mol. The number of hydrogen-bond donors (Lipinski definition) is 1. The van der Waals surface area contributed by atoms with Crippen molar-refractivity contribution in [1.29, 1.82) is 0 Å². The van der Waals surface area contributed by atoms with Crippen molar-refractivity contribution in [2.45, 2.75) is 51.6 Å². The first-order chi connectivity index (χ1) is 9.74. The molecule has 110 valence electrons. The first kappa shape index (κ1) is 14.1. The molecule has 0 bridgehead atoms. The van der Waals surface area contributed by atoms with Gasteiger partial charge in [-0.25, -0.2) is 0 Å². The summed E-state index contributed by atoms with van der Waals surface area (Å²) in [5.74, 6) is 0.839. The topological polar surface area (TPSA) is 15.3 Å². The second-order valence-corrected chi connectivity index (χ2v) is 6.82. The lowest BCUT2D eigenvalue weighted by atomic mass is 9.87. The van der Waals surface area contributed by atoms with Gasteiger partial charge in [0, 0.05) is 18.6 Å². The van der Waals surface area contributed by atoms with Gasteiger partial charge >= 0.3 is 0 Å². The van der Waals surface area contributed by atoms with Crippen LogP contribution in [-0.4, -0.2) is 30.6 Å². The molecule has 20 heavy (non-hydrogen) atoms. The van der Waals surface area contributed by atoms with E-state index in [9.17, 15) is 0 Å². The third-order valence-corrected chi connectivity index (χ3v) is 4.91. The maximum Gasteiger partial charge on any atom is 0.0351 e. The molecule has 0 spiro atoms. The number of aryl methyl sites for hydroxylation is 1. The van der Waals surface area contributed by atoms with E-state index in [1.54, 1.807) is 11.1 Å². The van der Waals surface area contributed by atoms with Gasteiger partial charge < -0.3 is 5.32 Å². The van der Waals surface area contributed by atoms with Crippen LogP contribution < -0.4 is 5.32 Å². The van der Waals surface area contributed by atoms with E-state index >= 15 is 0 Å². The van der Waals surface area contributed by atoms with E-state index in [0.717, 1.165) is 5.92 Å². The minimum Gasteiger partial charge on any atom is -0.314 e. The van der Waals surface area contributed by atoms with Crippen LogP contribution >= 0.6 is 0 Å². The fraction of sp³-hybridized carbons (Fsp3) is 0.667. The van der Waals surface area contributed by atoms with Gasteiger partial charge in [0.15, 0.2) is 0 Å². The van der Waals surface area contributed by atoms with Crippen LogP contribution in [0.5, 0.6) is 0 Å². The van der Waals surface area contributed by atoms with Crippen molar-refractivity contribution >= 4 is 0 Å². The highest BCUT2D eigenvalue weighted by Crippen LogP contribution is 2.36. The molecular weight excluding hydrogens is 244 g/mol. The van der Waals surface area contributed by atoms with Gasteiger partial charge in [-0.3, -0.25) is 4.90 Å². The molecule has 2 nitrogen and oxygen atoms in total. The molecule has 1 aromatic carbocycles.